The molecule has 242 valence electrons. The van der Waals surface area contributed by atoms with Crippen LogP contribution < -0.4 is 0 Å². The van der Waals surface area contributed by atoms with E-state index in [1.165, 1.54) is 193 Å². The second-order valence-corrected chi connectivity index (χ2v) is 12.6. The lowest BCUT2D eigenvalue weighted by molar-refractivity contribution is 0.254. The van der Waals surface area contributed by atoms with Gasteiger partial charge in [0.25, 0.3) is 0 Å². The van der Waals surface area contributed by atoms with Crippen LogP contribution >= 0.6 is 0 Å². The molecule has 0 heterocycles. The number of aliphatic hydroxyl groups excluding tert-OH is 3. The predicted molar refractivity (Wildman–Crippen MR) is 176 cm³/mol. The van der Waals surface area contributed by atoms with Crippen LogP contribution in [-0.2, 0) is 0 Å². The number of rotatable bonds is 36. The van der Waals surface area contributed by atoms with Crippen LogP contribution in [0.4, 0.5) is 0 Å². The van der Waals surface area contributed by atoms with Gasteiger partial charge in [-0.1, -0.05) is 154 Å². The summed E-state index contributed by atoms with van der Waals surface area (Å²) >= 11 is 0. The average Bonchev–Trinajstić information content (AvgIpc) is 2.97. The van der Waals surface area contributed by atoms with Gasteiger partial charge in [0.15, 0.2) is 0 Å². The first-order chi connectivity index (χ1) is 19.8. The maximum absolute atomic E-state index is 8.87. The summed E-state index contributed by atoms with van der Waals surface area (Å²) in [6.07, 6.45) is 39.6. The van der Waals surface area contributed by atoms with Crippen LogP contribution in [0.5, 0.6) is 0 Å². The lowest BCUT2D eigenvalue weighted by atomic mass is 10.1. The molecule has 3 N–H and O–H groups in total. The third kappa shape index (κ3) is 34.0. The van der Waals surface area contributed by atoms with Crippen LogP contribution in [0.2, 0.25) is 0 Å². The summed E-state index contributed by atoms with van der Waals surface area (Å²) in [7, 11) is 0. The van der Waals surface area contributed by atoms with Crippen LogP contribution in [0.1, 0.15) is 193 Å². The minimum Gasteiger partial charge on any atom is -0.396 e. The summed E-state index contributed by atoms with van der Waals surface area (Å²) in [6, 6.07) is 0. The fourth-order valence-corrected chi connectivity index (χ4v) is 5.92. The van der Waals surface area contributed by atoms with E-state index in [-0.39, 0.29) is 0 Å². The van der Waals surface area contributed by atoms with Crippen molar-refractivity contribution in [1.29, 1.82) is 0 Å². The molecule has 4 nitrogen and oxygen atoms in total. The summed E-state index contributed by atoms with van der Waals surface area (Å²) in [5, 5.41) is 26.6. The van der Waals surface area contributed by atoms with E-state index in [2.05, 4.69) is 4.90 Å². The number of nitrogens with zero attached hydrogens (tertiary/aromatic N) is 1. The monoisotopic (exact) mass is 570 g/mol. The quantitative estimate of drug-likeness (QED) is 0.0657. The number of hydrogen-bond donors (Lipinski definition) is 3. The van der Waals surface area contributed by atoms with Crippen LogP contribution in [0, 0.1) is 0 Å². The zero-order chi connectivity index (χ0) is 29.0. The second kappa shape index (κ2) is 36.9. The Morgan fingerprint density at radius 2 is 0.350 bits per heavy atom. The molecule has 0 bridgehead atoms. The van der Waals surface area contributed by atoms with Crippen molar-refractivity contribution in [3.63, 3.8) is 0 Å². The first kappa shape index (κ1) is 39.8. The van der Waals surface area contributed by atoms with E-state index < -0.39 is 0 Å². The maximum atomic E-state index is 8.87. The zero-order valence-electron chi connectivity index (χ0n) is 27.2. The summed E-state index contributed by atoms with van der Waals surface area (Å²) < 4.78 is 0. The molecule has 4 heteroatoms. The van der Waals surface area contributed by atoms with Crippen molar-refractivity contribution < 1.29 is 15.3 Å². The summed E-state index contributed by atoms with van der Waals surface area (Å²) in [5.41, 5.74) is 0. The summed E-state index contributed by atoms with van der Waals surface area (Å²) in [6.45, 7) is 5.00. The fraction of sp³-hybridized carbons (Fsp3) is 1.00. The molecule has 0 aromatic heterocycles. The molecule has 0 saturated heterocycles. The van der Waals surface area contributed by atoms with Gasteiger partial charge >= 0.3 is 0 Å². The molecule has 0 aliphatic heterocycles. The van der Waals surface area contributed by atoms with E-state index in [0.717, 1.165) is 19.3 Å². The number of hydrogen-bond acceptors (Lipinski definition) is 4. The van der Waals surface area contributed by atoms with E-state index in [9.17, 15) is 0 Å². The van der Waals surface area contributed by atoms with Crippen molar-refractivity contribution in [3.05, 3.63) is 0 Å². The van der Waals surface area contributed by atoms with Crippen molar-refractivity contribution in [2.45, 2.75) is 193 Å². The molecular weight excluding hydrogens is 494 g/mol. The van der Waals surface area contributed by atoms with Gasteiger partial charge in [-0.05, 0) is 58.2 Å². The van der Waals surface area contributed by atoms with Crippen molar-refractivity contribution in [3.8, 4) is 0 Å². The van der Waals surface area contributed by atoms with Crippen LogP contribution in [0.15, 0.2) is 0 Å². The first-order valence-corrected chi connectivity index (χ1v) is 18.4. The van der Waals surface area contributed by atoms with Gasteiger partial charge in [-0.2, -0.15) is 0 Å². The Labute approximate surface area is 252 Å². The van der Waals surface area contributed by atoms with Gasteiger partial charge in [0, 0.05) is 19.8 Å². The molecule has 40 heavy (non-hydrogen) atoms. The molecule has 0 atom stereocenters. The molecule has 0 aliphatic rings. The lowest BCUT2D eigenvalue weighted by Crippen LogP contribution is -2.27. The lowest BCUT2D eigenvalue weighted by Gasteiger charge is -2.22. The zero-order valence-corrected chi connectivity index (χ0v) is 27.2. The van der Waals surface area contributed by atoms with Crippen LogP contribution in [-0.4, -0.2) is 59.7 Å². The molecule has 0 saturated carbocycles. The maximum Gasteiger partial charge on any atom is 0.0431 e. The van der Waals surface area contributed by atoms with Gasteiger partial charge in [-0.3, -0.25) is 0 Å². The average molecular weight is 570 g/mol. The van der Waals surface area contributed by atoms with Crippen molar-refractivity contribution in [1.82, 2.24) is 4.90 Å². The summed E-state index contributed by atoms with van der Waals surface area (Å²) in [4.78, 5) is 2.80. The Hall–Kier alpha value is -0.160. The standard InChI is InChI=1S/C36H75NO3/c38-34-28-22-16-10-4-1-7-13-19-25-31-37(32-26-20-14-8-2-5-11-17-23-29-35-39)33-27-21-15-9-3-6-12-18-24-30-36-40/h38-40H,1-36H2. The molecular formula is C36H75NO3. The highest BCUT2D eigenvalue weighted by Gasteiger charge is 2.05. The topological polar surface area (TPSA) is 63.9 Å². The molecule has 0 aromatic rings. The molecule has 0 radical (unpaired) electrons. The van der Waals surface area contributed by atoms with Crippen molar-refractivity contribution in [2.24, 2.45) is 0 Å². The normalized spacial score (nSPS) is 11.7. The molecule has 0 amide bonds. The third-order valence-corrected chi connectivity index (χ3v) is 8.65. The van der Waals surface area contributed by atoms with E-state index in [4.69, 9.17) is 15.3 Å². The number of aliphatic hydroxyl groups is 3. The van der Waals surface area contributed by atoms with E-state index in [0.29, 0.717) is 19.8 Å². The van der Waals surface area contributed by atoms with Crippen molar-refractivity contribution >= 4 is 0 Å². The third-order valence-electron chi connectivity index (χ3n) is 8.65. The van der Waals surface area contributed by atoms with Gasteiger partial charge in [-0.25, -0.2) is 0 Å². The molecule has 0 unspecified atom stereocenters. The Balaban J connectivity index is 3.89. The van der Waals surface area contributed by atoms with E-state index in [1.807, 2.05) is 0 Å². The van der Waals surface area contributed by atoms with Gasteiger partial charge < -0.3 is 20.2 Å². The Kier molecular flexibility index (Phi) is 36.7. The van der Waals surface area contributed by atoms with Crippen LogP contribution in [0.25, 0.3) is 0 Å². The Morgan fingerprint density at radius 3 is 0.525 bits per heavy atom. The minimum atomic E-state index is 0.359. The fourth-order valence-electron chi connectivity index (χ4n) is 5.92. The second-order valence-electron chi connectivity index (χ2n) is 12.6. The van der Waals surface area contributed by atoms with Crippen LogP contribution in [0.3, 0.4) is 0 Å². The Morgan fingerprint density at radius 1 is 0.200 bits per heavy atom. The van der Waals surface area contributed by atoms with Gasteiger partial charge in [0.2, 0.25) is 0 Å². The van der Waals surface area contributed by atoms with E-state index in [1.54, 1.807) is 0 Å². The SMILES string of the molecule is OCCCCCCCCCCCCN(CCCCCCCCCCCCO)CCCCCCCCCCCCO. The molecule has 0 spiro atoms. The largest absolute Gasteiger partial charge is 0.396 e. The Bertz CT molecular complexity index is 372. The minimum absolute atomic E-state index is 0.359. The predicted octanol–water partition coefficient (Wildman–Crippen LogP) is 9.97. The van der Waals surface area contributed by atoms with E-state index >= 15 is 0 Å². The smallest absolute Gasteiger partial charge is 0.0431 e. The molecule has 0 aliphatic carbocycles. The van der Waals surface area contributed by atoms with Gasteiger partial charge in [-0.15, -0.1) is 0 Å². The highest BCUT2D eigenvalue weighted by molar-refractivity contribution is 4.61. The highest BCUT2D eigenvalue weighted by Crippen LogP contribution is 2.15. The highest BCUT2D eigenvalue weighted by atomic mass is 16.3. The molecule has 0 rings (SSSR count). The number of unbranched alkanes of at least 4 members (excludes halogenated alkanes) is 27. The van der Waals surface area contributed by atoms with Gasteiger partial charge in [0.1, 0.15) is 0 Å². The molecule has 0 fully saturated rings. The molecule has 0 aromatic carbocycles. The first-order valence-electron chi connectivity index (χ1n) is 18.4. The van der Waals surface area contributed by atoms with Gasteiger partial charge in [0.05, 0.1) is 0 Å². The van der Waals surface area contributed by atoms with Crippen molar-refractivity contribution in [2.75, 3.05) is 39.5 Å². The summed E-state index contributed by atoms with van der Waals surface area (Å²) in [5.74, 6) is 0.